The topological polar surface area (TPSA) is 112 Å². The number of nitrogen functional groups attached to an aromatic ring is 1. The maximum Gasteiger partial charge on any atom is 0.281 e. The number of aromatic nitrogens is 2. The van der Waals surface area contributed by atoms with Crippen LogP contribution in [0.4, 0.5) is 5.82 Å². The van der Waals surface area contributed by atoms with Crippen molar-refractivity contribution in [1.82, 2.24) is 15.4 Å². The number of thiophene rings is 1. The number of nitrogens with one attached hydrogen (secondary N) is 1. The van der Waals surface area contributed by atoms with E-state index in [1.165, 1.54) is 23.9 Å². The number of nitrogens with two attached hydrogens (primary N) is 1. The quantitative estimate of drug-likeness (QED) is 0.427. The molecule has 2 aromatic heterocycles. The first-order chi connectivity index (χ1) is 13.5. The van der Waals surface area contributed by atoms with Crippen molar-refractivity contribution in [2.24, 2.45) is 5.10 Å². The summed E-state index contributed by atoms with van der Waals surface area (Å²) in [5.41, 5.74) is 9.88. The van der Waals surface area contributed by atoms with Crippen molar-refractivity contribution in [3.63, 3.8) is 0 Å². The van der Waals surface area contributed by atoms with Crippen molar-refractivity contribution in [3.05, 3.63) is 38.9 Å². The lowest BCUT2D eigenvalue weighted by atomic mass is 10.2. The van der Waals surface area contributed by atoms with Gasteiger partial charge in [0.1, 0.15) is 17.0 Å². The highest BCUT2D eigenvalue weighted by molar-refractivity contribution is 9.10. The monoisotopic (exact) mass is 463 g/mol. The molecule has 3 aromatic rings. The second-order valence-corrected chi connectivity index (χ2v) is 7.51. The molecule has 0 aliphatic heterocycles. The zero-order valence-electron chi connectivity index (χ0n) is 15.4. The van der Waals surface area contributed by atoms with Gasteiger partial charge < -0.3 is 15.2 Å². The molecule has 0 fully saturated rings. The number of hydrazone groups is 1. The fraction of sp³-hybridized carbons (Fsp3) is 0.222. The molecule has 3 N–H and O–H groups in total. The van der Waals surface area contributed by atoms with Crippen LogP contribution in [0.5, 0.6) is 11.5 Å². The summed E-state index contributed by atoms with van der Waals surface area (Å²) in [7, 11) is 1.56. The SMILES string of the molecule is CCOc1c(Br)cc(/C=N\NC(=O)c2sc3ncnc(N)c3c2C)cc1OC. The summed E-state index contributed by atoms with van der Waals surface area (Å²) in [4.78, 5) is 21.8. The number of carbonyl (C=O) groups excluding carboxylic acids is 1. The molecule has 0 atom stereocenters. The Balaban J connectivity index is 1.80. The zero-order valence-corrected chi connectivity index (χ0v) is 17.8. The molecule has 28 heavy (non-hydrogen) atoms. The van der Waals surface area contributed by atoms with Crippen LogP contribution in [0.1, 0.15) is 27.7 Å². The van der Waals surface area contributed by atoms with Crippen molar-refractivity contribution in [2.75, 3.05) is 19.5 Å². The highest BCUT2D eigenvalue weighted by Gasteiger charge is 2.18. The van der Waals surface area contributed by atoms with Crippen LogP contribution in [-0.4, -0.2) is 35.8 Å². The summed E-state index contributed by atoms with van der Waals surface area (Å²) in [6.45, 7) is 4.22. The van der Waals surface area contributed by atoms with Crippen LogP contribution >= 0.6 is 27.3 Å². The second-order valence-electron chi connectivity index (χ2n) is 5.66. The van der Waals surface area contributed by atoms with Crippen molar-refractivity contribution in [1.29, 1.82) is 0 Å². The van der Waals surface area contributed by atoms with Crippen LogP contribution in [-0.2, 0) is 0 Å². The molecule has 0 unspecified atom stereocenters. The van der Waals surface area contributed by atoms with Crippen LogP contribution in [0.15, 0.2) is 28.0 Å². The fourth-order valence-corrected chi connectivity index (χ4v) is 4.25. The van der Waals surface area contributed by atoms with Gasteiger partial charge >= 0.3 is 0 Å². The van der Waals surface area contributed by atoms with Crippen LogP contribution in [0.25, 0.3) is 10.2 Å². The van der Waals surface area contributed by atoms with Gasteiger partial charge in [-0.3, -0.25) is 4.79 Å². The van der Waals surface area contributed by atoms with E-state index in [9.17, 15) is 4.79 Å². The van der Waals surface area contributed by atoms with Crippen molar-refractivity contribution >= 4 is 55.4 Å². The van der Waals surface area contributed by atoms with Crippen LogP contribution < -0.4 is 20.6 Å². The van der Waals surface area contributed by atoms with Gasteiger partial charge in [-0.1, -0.05) is 0 Å². The van der Waals surface area contributed by atoms with Gasteiger partial charge in [0, 0.05) is 0 Å². The lowest BCUT2D eigenvalue weighted by molar-refractivity contribution is 0.0958. The largest absolute Gasteiger partial charge is 0.493 e. The molecule has 8 nitrogen and oxygen atoms in total. The number of fused-ring (bicyclic) bond motifs is 1. The van der Waals surface area contributed by atoms with E-state index in [0.29, 0.717) is 39.0 Å². The number of methoxy groups -OCH3 is 1. The molecule has 1 aromatic carbocycles. The van der Waals surface area contributed by atoms with E-state index in [0.717, 1.165) is 15.6 Å². The first-order valence-electron chi connectivity index (χ1n) is 8.29. The number of benzene rings is 1. The van der Waals surface area contributed by atoms with Crippen molar-refractivity contribution in [3.8, 4) is 11.5 Å². The number of hydrogen-bond acceptors (Lipinski definition) is 8. The average molecular weight is 464 g/mol. The van der Waals surface area contributed by atoms with Gasteiger partial charge in [-0.2, -0.15) is 5.10 Å². The summed E-state index contributed by atoms with van der Waals surface area (Å²) in [6.07, 6.45) is 2.91. The molecule has 10 heteroatoms. The number of amides is 1. The van der Waals surface area contributed by atoms with E-state index in [1.54, 1.807) is 13.2 Å². The highest BCUT2D eigenvalue weighted by Crippen LogP contribution is 2.36. The Morgan fingerprint density at radius 2 is 2.21 bits per heavy atom. The molecule has 1 amide bonds. The van der Waals surface area contributed by atoms with Gasteiger partial charge in [-0.05, 0) is 53.0 Å². The predicted molar refractivity (Wildman–Crippen MR) is 113 cm³/mol. The average Bonchev–Trinajstić information content (AvgIpc) is 3.01. The van der Waals surface area contributed by atoms with Gasteiger partial charge in [0.25, 0.3) is 5.91 Å². The molecule has 0 spiro atoms. The molecule has 0 aliphatic rings. The van der Waals surface area contributed by atoms with E-state index in [1.807, 2.05) is 19.9 Å². The predicted octanol–water partition coefficient (Wildman–Crippen LogP) is 3.52. The van der Waals surface area contributed by atoms with E-state index < -0.39 is 0 Å². The molecule has 0 aliphatic carbocycles. The van der Waals surface area contributed by atoms with Gasteiger partial charge in [-0.25, -0.2) is 15.4 Å². The summed E-state index contributed by atoms with van der Waals surface area (Å²) < 4.78 is 11.6. The minimum atomic E-state index is -0.340. The smallest absolute Gasteiger partial charge is 0.281 e. The van der Waals surface area contributed by atoms with E-state index in [4.69, 9.17) is 15.2 Å². The van der Waals surface area contributed by atoms with Crippen molar-refractivity contribution < 1.29 is 14.3 Å². The van der Waals surface area contributed by atoms with E-state index in [2.05, 4.69) is 36.4 Å². The number of anilines is 1. The van der Waals surface area contributed by atoms with Gasteiger partial charge in [0.15, 0.2) is 11.5 Å². The van der Waals surface area contributed by atoms with Gasteiger partial charge in [0.2, 0.25) is 0 Å². The number of aryl methyl sites for hydroxylation is 1. The van der Waals surface area contributed by atoms with E-state index in [-0.39, 0.29) is 5.91 Å². The third-order valence-corrected chi connectivity index (χ3v) is 5.67. The Bertz CT molecular complexity index is 1070. The number of halogens is 1. The third kappa shape index (κ3) is 3.92. The Hall–Kier alpha value is -2.72. The first-order valence-corrected chi connectivity index (χ1v) is 9.90. The molecular weight excluding hydrogens is 446 g/mol. The number of carbonyl (C=O) groups is 1. The standard InChI is InChI=1S/C18H18BrN5O3S/c1-4-27-14-11(19)5-10(6-12(14)26-3)7-23-24-17(25)15-9(2)13-16(20)21-8-22-18(13)28-15/h5-8H,4H2,1-3H3,(H,24,25)(H2,20,21,22)/b23-7-. The Labute approximate surface area is 173 Å². The molecule has 0 radical (unpaired) electrons. The molecular formula is C18H18BrN5O3S. The Morgan fingerprint density at radius 1 is 1.43 bits per heavy atom. The van der Waals surface area contributed by atoms with Crippen LogP contribution in [0, 0.1) is 6.92 Å². The minimum absolute atomic E-state index is 0.340. The number of ether oxygens (including phenoxy) is 2. The zero-order chi connectivity index (χ0) is 20.3. The highest BCUT2D eigenvalue weighted by atomic mass is 79.9. The molecule has 0 bridgehead atoms. The maximum atomic E-state index is 12.5. The fourth-order valence-electron chi connectivity index (χ4n) is 2.63. The summed E-state index contributed by atoms with van der Waals surface area (Å²) in [6, 6.07) is 3.59. The lowest BCUT2D eigenvalue weighted by Gasteiger charge is -2.11. The van der Waals surface area contributed by atoms with Crippen molar-refractivity contribution in [2.45, 2.75) is 13.8 Å². The first kappa shape index (κ1) is 20.0. The molecule has 0 saturated heterocycles. The van der Waals surface area contributed by atoms with Gasteiger partial charge in [0.05, 0.1) is 34.7 Å². The molecule has 3 rings (SSSR count). The normalized spacial score (nSPS) is 11.1. The second kappa shape index (κ2) is 8.53. The molecule has 0 saturated carbocycles. The molecule has 2 heterocycles. The number of nitrogens with zero attached hydrogens (tertiary/aromatic N) is 3. The summed E-state index contributed by atoms with van der Waals surface area (Å²) in [5, 5.41) is 4.74. The summed E-state index contributed by atoms with van der Waals surface area (Å²) >= 11 is 4.70. The molecule has 146 valence electrons. The summed E-state index contributed by atoms with van der Waals surface area (Å²) in [5.74, 6) is 1.20. The maximum absolute atomic E-state index is 12.5. The Kier molecular flexibility index (Phi) is 6.10. The van der Waals surface area contributed by atoms with Gasteiger partial charge in [-0.15, -0.1) is 11.3 Å². The van der Waals surface area contributed by atoms with E-state index >= 15 is 0 Å². The Morgan fingerprint density at radius 3 is 2.89 bits per heavy atom. The van der Waals surface area contributed by atoms with Crippen LogP contribution in [0.2, 0.25) is 0 Å². The number of hydrogen-bond donors (Lipinski definition) is 2. The van der Waals surface area contributed by atoms with Crippen LogP contribution in [0.3, 0.4) is 0 Å². The minimum Gasteiger partial charge on any atom is -0.493 e. The lowest BCUT2D eigenvalue weighted by Crippen LogP contribution is -2.17. The third-order valence-electron chi connectivity index (χ3n) is 3.88. The number of rotatable bonds is 6.